The maximum Gasteiger partial charge on any atom is 0.306 e. The molecular formula is C21H26N2O3. The lowest BCUT2D eigenvalue weighted by molar-refractivity contribution is -0.149. The summed E-state index contributed by atoms with van der Waals surface area (Å²) in [6.07, 6.45) is 5.59. The largest absolute Gasteiger partial charge is 0.456 e. The van der Waals surface area contributed by atoms with Crippen LogP contribution in [0.15, 0.2) is 24.3 Å². The summed E-state index contributed by atoms with van der Waals surface area (Å²) < 4.78 is 5.27. The minimum absolute atomic E-state index is 0.235. The number of esters is 1. The summed E-state index contributed by atoms with van der Waals surface area (Å²) in [6, 6.07) is 9.60. The fraction of sp³-hybridized carbons (Fsp3) is 0.571. The van der Waals surface area contributed by atoms with Gasteiger partial charge in [-0.3, -0.25) is 9.59 Å². The topological polar surface area (TPSA) is 70.4 Å². The first-order valence-electron chi connectivity index (χ1n) is 9.46. The van der Waals surface area contributed by atoms with Crippen molar-refractivity contribution < 1.29 is 14.3 Å². The van der Waals surface area contributed by atoms with E-state index in [0.29, 0.717) is 24.8 Å². The Bertz CT molecular complexity index is 692. The van der Waals surface area contributed by atoms with Crippen LogP contribution in [0.3, 0.4) is 0 Å². The number of carbonyl (C=O) groups is 2. The number of nitrogens with zero attached hydrogens (tertiary/aromatic N) is 2. The van der Waals surface area contributed by atoms with Gasteiger partial charge in [0.05, 0.1) is 12.5 Å². The first-order valence-corrected chi connectivity index (χ1v) is 9.46. The molecule has 1 aromatic carbocycles. The highest BCUT2D eigenvalue weighted by Gasteiger charge is 2.40. The van der Waals surface area contributed by atoms with Crippen LogP contribution in [0, 0.1) is 36.0 Å². The molecule has 0 spiro atoms. The molecule has 0 heterocycles. The van der Waals surface area contributed by atoms with E-state index in [-0.39, 0.29) is 24.9 Å². The molecule has 0 unspecified atom stereocenters. The van der Waals surface area contributed by atoms with E-state index >= 15 is 0 Å². The van der Waals surface area contributed by atoms with Crippen molar-refractivity contribution in [2.45, 2.75) is 45.4 Å². The molecule has 1 amide bonds. The minimum atomic E-state index is -0.287. The van der Waals surface area contributed by atoms with Gasteiger partial charge < -0.3 is 9.64 Å². The van der Waals surface area contributed by atoms with Crippen molar-refractivity contribution in [2.75, 3.05) is 18.1 Å². The number of aryl methyl sites for hydroxylation is 1. The Hall–Kier alpha value is -2.35. The van der Waals surface area contributed by atoms with Crippen molar-refractivity contribution in [1.29, 1.82) is 5.26 Å². The lowest BCUT2D eigenvalue weighted by Gasteiger charge is -2.23. The maximum absolute atomic E-state index is 12.5. The molecule has 2 fully saturated rings. The number of nitriles is 1. The van der Waals surface area contributed by atoms with Crippen LogP contribution in [0.1, 0.15) is 44.1 Å². The van der Waals surface area contributed by atoms with Gasteiger partial charge in [0.15, 0.2) is 6.61 Å². The second kappa shape index (κ2) is 8.35. The Morgan fingerprint density at radius 2 is 2.00 bits per heavy atom. The maximum atomic E-state index is 12.5. The number of rotatable bonds is 7. The van der Waals surface area contributed by atoms with Gasteiger partial charge in [-0.05, 0) is 56.1 Å². The number of ether oxygens (including phenoxy) is 1. The van der Waals surface area contributed by atoms with Gasteiger partial charge in [-0.1, -0.05) is 24.1 Å². The van der Waals surface area contributed by atoms with E-state index in [2.05, 4.69) is 6.07 Å². The highest BCUT2D eigenvalue weighted by molar-refractivity contribution is 5.95. The van der Waals surface area contributed by atoms with E-state index in [1.807, 2.05) is 31.2 Å². The molecule has 3 atom stereocenters. The number of hydrogen-bond acceptors (Lipinski definition) is 4. The second-order valence-corrected chi connectivity index (χ2v) is 7.59. The standard InChI is InChI=1S/C21H26N2O3/c1-15-3-7-19(8-4-15)23(10-2-9-22)20(24)14-26-21(25)13-18-12-16-5-6-17(18)11-16/h3-4,7-8,16-18H,2,5-6,10-14H2,1H3/t16-,17+,18+/m0/s1. The molecular weight excluding hydrogens is 328 g/mol. The summed E-state index contributed by atoms with van der Waals surface area (Å²) in [6.45, 7) is 2.00. The smallest absolute Gasteiger partial charge is 0.306 e. The van der Waals surface area contributed by atoms with Crippen molar-refractivity contribution in [3.05, 3.63) is 29.8 Å². The van der Waals surface area contributed by atoms with Crippen LogP contribution in [0.2, 0.25) is 0 Å². The van der Waals surface area contributed by atoms with Crippen molar-refractivity contribution in [2.24, 2.45) is 17.8 Å². The predicted octanol–water partition coefficient (Wildman–Crippen LogP) is 3.61. The monoisotopic (exact) mass is 354 g/mol. The second-order valence-electron chi connectivity index (χ2n) is 7.59. The number of anilines is 1. The zero-order chi connectivity index (χ0) is 18.5. The third-order valence-corrected chi connectivity index (χ3v) is 5.76. The van der Waals surface area contributed by atoms with Crippen LogP contribution in [-0.2, 0) is 14.3 Å². The van der Waals surface area contributed by atoms with Gasteiger partial charge in [0.1, 0.15) is 0 Å². The SMILES string of the molecule is Cc1ccc(N(CCC#N)C(=O)COC(=O)C[C@H]2C[C@H]3CC[C@@H]2C3)cc1. The van der Waals surface area contributed by atoms with E-state index < -0.39 is 0 Å². The number of carbonyl (C=O) groups excluding carboxylic acids is 2. The van der Waals surface area contributed by atoms with E-state index in [1.54, 1.807) is 0 Å². The van der Waals surface area contributed by atoms with Gasteiger partial charge in [0.25, 0.3) is 5.91 Å². The Kier molecular flexibility index (Phi) is 5.92. The zero-order valence-electron chi connectivity index (χ0n) is 15.3. The Balaban J connectivity index is 1.52. The third kappa shape index (κ3) is 4.43. The van der Waals surface area contributed by atoms with Gasteiger partial charge in [-0.25, -0.2) is 0 Å². The van der Waals surface area contributed by atoms with Crippen molar-refractivity contribution in [3.63, 3.8) is 0 Å². The molecule has 2 aliphatic carbocycles. The molecule has 0 aliphatic heterocycles. The van der Waals surface area contributed by atoms with Crippen molar-refractivity contribution in [3.8, 4) is 6.07 Å². The van der Waals surface area contributed by atoms with Gasteiger partial charge in [-0.2, -0.15) is 5.26 Å². The fourth-order valence-electron chi connectivity index (χ4n) is 4.40. The highest BCUT2D eigenvalue weighted by Crippen LogP contribution is 2.49. The van der Waals surface area contributed by atoms with Crippen molar-refractivity contribution in [1.82, 2.24) is 0 Å². The zero-order valence-corrected chi connectivity index (χ0v) is 15.3. The Labute approximate surface area is 154 Å². The lowest BCUT2D eigenvalue weighted by atomic mass is 9.86. The summed E-state index contributed by atoms with van der Waals surface area (Å²) in [5.74, 6) is 1.33. The highest BCUT2D eigenvalue weighted by atomic mass is 16.5. The summed E-state index contributed by atoms with van der Waals surface area (Å²) in [5.41, 5.74) is 1.82. The van der Waals surface area contributed by atoms with Gasteiger partial charge in [0, 0.05) is 18.7 Å². The molecule has 138 valence electrons. The minimum Gasteiger partial charge on any atom is -0.456 e. The lowest BCUT2D eigenvalue weighted by Crippen LogP contribution is -2.35. The van der Waals surface area contributed by atoms with Gasteiger partial charge in [0.2, 0.25) is 0 Å². The average Bonchev–Trinajstić information content (AvgIpc) is 3.24. The molecule has 0 saturated heterocycles. The quantitative estimate of drug-likeness (QED) is 0.701. The third-order valence-electron chi connectivity index (χ3n) is 5.76. The number of amides is 1. The number of benzene rings is 1. The normalized spacial score (nSPS) is 23.5. The van der Waals surface area contributed by atoms with Crippen LogP contribution in [0.4, 0.5) is 5.69 Å². The molecule has 1 aromatic rings. The molecule has 0 aromatic heterocycles. The molecule has 0 N–H and O–H groups in total. The first kappa shape index (κ1) is 18.4. The molecule has 5 nitrogen and oxygen atoms in total. The van der Waals surface area contributed by atoms with E-state index in [9.17, 15) is 9.59 Å². The average molecular weight is 354 g/mol. The fourth-order valence-corrected chi connectivity index (χ4v) is 4.40. The van der Waals surface area contributed by atoms with Gasteiger partial charge in [-0.15, -0.1) is 0 Å². The van der Waals surface area contributed by atoms with E-state index in [1.165, 1.54) is 24.2 Å². The number of hydrogen-bond donors (Lipinski definition) is 0. The Morgan fingerprint density at radius 1 is 1.23 bits per heavy atom. The van der Waals surface area contributed by atoms with Crippen molar-refractivity contribution >= 4 is 17.6 Å². The molecule has 3 rings (SSSR count). The summed E-state index contributed by atoms with van der Waals surface area (Å²) in [7, 11) is 0. The van der Waals surface area contributed by atoms with E-state index in [4.69, 9.17) is 10.00 Å². The summed E-state index contributed by atoms with van der Waals surface area (Å²) >= 11 is 0. The molecule has 5 heteroatoms. The van der Waals surface area contributed by atoms with Crippen LogP contribution in [0.25, 0.3) is 0 Å². The van der Waals surface area contributed by atoms with Crippen LogP contribution in [0.5, 0.6) is 0 Å². The summed E-state index contributed by atoms with van der Waals surface area (Å²) in [4.78, 5) is 26.2. The van der Waals surface area contributed by atoms with Crippen LogP contribution >= 0.6 is 0 Å². The first-order chi connectivity index (χ1) is 12.6. The van der Waals surface area contributed by atoms with Gasteiger partial charge >= 0.3 is 5.97 Å². The van der Waals surface area contributed by atoms with Crippen LogP contribution < -0.4 is 4.90 Å². The van der Waals surface area contributed by atoms with E-state index in [0.717, 1.165) is 23.6 Å². The molecule has 2 bridgehead atoms. The molecule has 2 saturated carbocycles. The predicted molar refractivity (Wildman–Crippen MR) is 98.3 cm³/mol. The summed E-state index contributed by atoms with van der Waals surface area (Å²) in [5, 5.41) is 8.84. The van der Waals surface area contributed by atoms with Crippen LogP contribution in [-0.4, -0.2) is 25.0 Å². The molecule has 26 heavy (non-hydrogen) atoms. The molecule has 0 radical (unpaired) electrons. The molecule has 2 aliphatic rings. The Morgan fingerprint density at radius 3 is 2.62 bits per heavy atom. The number of fused-ring (bicyclic) bond motifs is 2.